The Balaban J connectivity index is 2.27. The molecule has 1 aliphatic rings. The average Bonchev–Trinajstić information content (AvgIpc) is 2.65. The highest BCUT2D eigenvalue weighted by Crippen LogP contribution is 2.20. The van der Waals surface area contributed by atoms with E-state index in [4.69, 9.17) is 10.5 Å². The first-order valence-electron chi connectivity index (χ1n) is 5.59. The number of nitrogens with one attached hydrogen (secondary N) is 1. The highest BCUT2D eigenvalue weighted by Gasteiger charge is 2.38. The van der Waals surface area contributed by atoms with Crippen LogP contribution in [0.1, 0.15) is 5.56 Å². The molecule has 6 nitrogen and oxygen atoms in total. The van der Waals surface area contributed by atoms with Crippen molar-refractivity contribution in [1.82, 2.24) is 5.32 Å². The van der Waals surface area contributed by atoms with Gasteiger partial charge in [-0.3, -0.25) is 4.79 Å². The number of ether oxygens (including phenoxy) is 1. The highest BCUT2D eigenvalue weighted by molar-refractivity contribution is 6.21. The first-order valence-corrected chi connectivity index (χ1v) is 5.59. The minimum absolute atomic E-state index is 0.164. The maximum absolute atomic E-state index is 12.0. The molecule has 1 fully saturated rings. The summed E-state index contributed by atoms with van der Waals surface area (Å²) >= 11 is 0. The molecule has 2 rings (SSSR count). The van der Waals surface area contributed by atoms with E-state index in [9.17, 15) is 9.59 Å². The number of hydrogen-bond acceptors (Lipinski definition) is 4. The van der Waals surface area contributed by atoms with Crippen molar-refractivity contribution < 1.29 is 14.3 Å². The van der Waals surface area contributed by atoms with Gasteiger partial charge in [-0.25, -0.2) is 9.69 Å². The van der Waals surface area contributed by atoms with Crippen LogP contribution in [-0.4, -0.2) is 31.7 Å². The predicted octanol–water partition coefficient (Wildman–Crippen LogP) is 0.217. The lowest BCUT2D eigenvalue weighted by molar-refractivity contribution is -0.119. The van der Waals surface area contributed by atoms with Crippen LogP contribution in [0.5, 0.6) is 0 Å². The van der Waals surface area contributed by atoms with Crippen LogP contribution in [0.3, 0.4) is 0 Å². The molecule has 0 aromatic heterocycles. The van der Waals surface area contributed by atoms with Gasteiger partial charge in [-0.2, -0.15) is 0 Å². The molecule has 3 amide bonds. The van der Waals surface area contributed by atoms with Gasteiger partial charge in [0.25, 0.3) is 5.91 Å². The van der Waals surface area contributed by atoms with Crippen LogP contribution in [0.2, 0.25) is 0 Å². The number of urea groups is 1. The molecule has 1 aliphatic heterocycles. The summed E-state index contributed by atoms with van der Waals surface area (Å²) in [5.74, 6) is -0.309. The number of rotatable bonds is 4. The van der Waals surface area contributed by atoms with Crippen LogP contribution >= 0.6 is 0 Å². The van der Waals surface area contributed by atoms with Crippen LogP contribution in [-0.2, 0) is 16.1 Å². The van der Waals surface area contributed by atoms with Gasteiger partial charge in [-0.15, -0.1) is 0 Å². The monoisotopic (exact) mass is 249 g/mol. The number of nitrogens with two attached hydrogens (primary N) is 1. The van der Waals surface area contributed by atoms with Gasteiger partial charge in [0.1, 0.15) is 6.04 Å². The van der Waals surface area contributed by atoms with E-state index in [2.05, 4.69) is 5.32 Å². The predicted molar refractivity (Wildman–Crippen MR) is 66.0 cm³/mol. The zero-order valence-electron chi connectivity index (χ0n) is 10.1. The third-order valence-corrected chi connectivity index (χ3v) is 2.76. The van der Waals surface area contributed by atoms with Crippen molar-refractivity contribution in [2.75, 3.05) is 18.6 Å². The second-order valence-electron chi connectivity index (χ2n) is 4.01. The molecule has 1 aromatic carbocycles. The van der Waals surface area contributed by atoms with Crippen molar-refractivity contribution in [2.45, 2.75) is 12.6 Å². The standard InChI is InChI=1S/C12H15N3O3/c1-18-7-10-11(16)15(12(17)14-10)9-4-2-3-8(5-9)6-13/h2-5,10H,6-7,13H2,1H3,(H,14,17). The van der Waals surface area contributed by atoms with Crippen molar-refractivity contribution >= 4 is 17.6 Å². The van der Waals surface area contributed by atoms with E-state index in [0.717, 1.165) is 10.5 Å². The first-order chi connectivity index (χ1) is 8.67. The number of amides is 3. The zero-order valence-corrected chi connectivity index (χ0v) is 10.1. The Morgan fingerprint density at radius 2 is 2.22 bits per heavy atom. The molecule has 3 N–H and O–H groups in total. The molecular weight excluding hydrogens is 234 g/mol. The molecule has 0 aliphatic carbocycles. The fourth-order valence-electron chi connectivity index (χ4n) is 1.88. The lowest BCUT2D eigenvalue weighted by Gasteiger charge is -2.13. The summed E-state index contributed by atoms with van der Waals surface area (Å²) < 4.78 is 4.89. The lowest BCUT2D eigenvalue weighted by atomic mass is 10.2. The van der Waals surface area contributed by atoms with E-state index in [1.165, 1.54) is 7.11 Å². The minimum atomic E-state index is -0.621. The maximum Gasteiger partial charge on any atom is 0.329 e. The van der Waals surface area contributed by atoms with Gasteiger partial charge in [0, 0.05) is 13.7 Å². The summed E-state index contributed by atoms with van der Waals surface area (Å²) in [5.41, 5.74) is 6.93. The minimum Gasteiger partial charge on any atom is -0.382 e. The van der Waals surface area contributed by atoms with E-state index < -0.39 is 12.1 Å². The molecule has 1 heterocycles. The van der Waals surface area contributed by atoms with Crippen molar-refractivity contribution in [3.05, 3.63) is 29.8 Å². The summed E-state index contributed by atoms with van der Waals surface area (Å²) in [7, 11) is 1.48. The van der Waals surface area contributed by atoms with Gasteiger partial charge in [0.15, 0.2) is 0 Å². The summed E-state index contributed by atoms with van der Waals surface area (Å²) in [4.78, 5) is 24.9. The van der Waals surface area contributed by atoms with Gasteiger partial charge in [-0.1, -0.05) is 12.1 Å². The molecule has 1 aromatic rings. The Bertz CT molecular complexity index is 475. The third kappa shape index (κ3) is 2.20. The van der Waals surface area contributed by atoms with Crippen molar-refractivity contribution in [1.29, 1.82) is 0 Å². The number of carbonyl (C=O) groups excluding carboxylic acids is 2. The van der Waals surface area contributed by atoms with Crippen LogP contribution < -0.4 is 16.0 Å². The Hall–Kier alpha value is -1.92. The number of carbonyl (C=O) groups is 2. The van der Waals surface area contributed by atoms with E-state index in [1.54, 1.807) is 18.2 Å². The molecule has 1 atom stereocenters. The molecule has 1 unspecified atom stereocenters. The topological polar surface area (TPSA) is 84.7 Å². The molecule has 18 heavy (non-hydrogen) atoms. The molecule has 1 saturated heterocycles. The van der Waals surface area contributed by atoms with Gasteiger partial charge < -0.3 is 15.8 Å². The number of nitrogens with zero attached hydrogens (tertiary/aromatic N) is 1. The van der Waals surface area contributed by atoms with E-state index in [0.29, 0.717) is 12.2 Å². The summed E-state index contributed by atoms with van der Waals surface area (Å²) in [6, 6.07) is 5.98. The summed E-state index contributed by atoms with van der Waals surface area (Å²) in [5, 5.41) is 2.57. The molecular formula is C12H15N3O3. The number of imide groups is 1. The second-order valence-corrected chi connectivity index (χ2v) is 4.01. The highest BCUT2D eigenvalue weighted by atomic mass is 16.5. The van der Waals surface area contributed by atoms with Gasteiger partial charge in [0.05, 0.1) is 12.3 Å². The van der Waals surface area contributed by atoms with Crippen molar-refractivity contribution in [2.24, 2.45) is 5.73 Å². The molecule has 0 radical (unpaired) electrons. The quantitative estimate of drug-likeness (QED) is 0.747. The Labute approximate surface area is 105 Å². The molecule has 96 valence electrons. The summed E-state index contributed by atoms with van der Waals surface area (Å²) in [6.45, 7) is 0.524. The Morgan fingerprint density at radius 3 is 2.89 bits per heavy atom. The summed E-state index contributed by atoms with van der Waals surface area (Å²) in [6.07, 6.45) is 0. The normalized spacial score (nSPS) is 19.2. The Morgan fingerprint density at radius 1 is 1.44 bits per heavy atom. The molecule has 0 saturated carbocycles. The molecule has 6 heteroatoms. The molecule has 0 bridgehead atoms. The van der Waals surface area contributed by atoms with Crippen LogP contribution in [0.4, 0.5) is 10.5 Å². The number of benzene rings is 1. The van der Waals surface area contributed by atoms with E-state index in [-0.39, 0.29) is 12.5 Å². The average molecular weight is 249 g/mol. The SMILES string of the molecule is COCC1NC(=O)N(c2cccc(CN)c2)C1=O. The van der Waals surface area contributed by atoms with E-state index in [1.807, 2.05) is 6.07 Å². The van der Waals surface area contributed by atoms with Crippen LogP contribution in [0.25, 0.3) is 0 Å². The number of hydrogen-bond donors (Lipinski definition) is 2. The van der Waals surface area contributed by atoms with Crippen LogP contribution in [0, 0.1) is 0 Å². The zero-order chi connectivity index (χ0) is 13.1. The van der Waals surface area contributed by atoms with Crippen molar-refractivity contribution in [3.63, 3.8) is 0 Å². The number of methoxy groups -OCH3 is 1. The lowest BCUT2D eigenvalue weighted by Crippen LogP contribution is -2.34. The smallest absolute Gasteiger partial charge is 0.329 e. The fourth-order valence-corrected chi connectivity index (χ4v) is 1.88. The van der Waals surface area contributed by atoms with Gasteiger partial charge in [0.2, 0.25) is 0 Å². The third-order valence-electron chi connectivity index (χ3n) is 2.76. The second kappa shape index (κ2) is 5.16. The number of anilines is 1. The Kier molecular flexibility index (Phi) is 3.59. The van der Waals surface area contributed by atoms with E-state index >= 15 is 0 Å². The first kappa shape index (κ1) is 12.5. The fraction of sp³-hybridized carbons (Fsp3) is 0.333. The van der Waals surface area contributed by atoms with Crippen molar-refractivity contribution in [3.8, 4) is 0 Å². The van der Waals surface area contributed by atoms with Gasteiger partial charge >= 0.3 is 6.03 Å². The molecule has 0 spiro atoms. The van der Waals surface area contributed by atoms with Crippen LogP contribution in [0.15, 0.2) is 24.3 Å². The largest absolute Gasteiger partial charge is 0.382 e. The maximum atomic E-state index is 12.0. The van der Waals surface area contributed by atoms with Gasteiger partial charge in [-0.05, 0) is 17.7 Å².